The number of nitrogens with one attached hydrogen (secondary N) is 2. The van der Waals surface area contributed by atoms with Crippen LogP contribution in [0.1, 0.15) is 21.5 Å². The largest absolute Gasteiger partial charge is 0.478 e. The van der Waals surface area contributed by atoms with Gasteiger partial charge in [0.15, 0.2) is 0 Å². The van der Waals surface area contributed by atoms with Crippen molar-refractivity contribution < 1.29 is 14.7 Å². The van der Waals surface area contributed by atoms with Gasteiger partial charge in [-0.25, -0.2) is 9.59 Å². The summed E-state index contributed by atoms with van der Waals surface area (Å²) in [5.41, 5.74) is 2.94. The number of hydrogen-bond acceptors (Lipinski definition) is 2. The standard InChI is InChI=1S/C17H18N2O3/c1-12-4-2-5-13(10-12)8-9-18-17(22)19-15-7-3-6-14(11-15)16(20)21/h2-7,10-11H,8-9H2,1H3,(H,20,21)(H2,18,19,22). The fourth-order valence-electron chi connectivity index (χ4n) is 2.09. The van der Waals surface area contributed by atoms with Crippen LogP contribution in [0, 0.1) is 6.92 Å². The van der Waals surface area contributed by atoms with Gasteiger partial charge >= 0.3 is 12.0 Å². The van der Waals surface area contributed by atoms with E-state index in [4.69, 9.17) is 5.11 Å². The number of carbonyl (C=O) groups excluding carboxylic acids is 1. The lowest BCUT2D eigenvalue weighted by molar-refractivity contribution is 0.0697. The van der Waals surface area contributed by atoms with Crippen LogP contribution >= 0.6 is 0 Å². The molecule has 0 aliphatic carbocycles. The molecule has 0 aromatic heterocycles. The SMILES string of the molecule is Cc1cccc(CCNC(=O)Nc2cccc(C(=O)O)c2)c1. The van der Waals surface area contributed by atoms with Gasteiger partial charge in [-0.1, -0.05) is 35.9 Å². The van der Waals surface area contributed by atoms with E-state index in [1.54, 1.807) is 12.1 Å². The van der Waals surface area contributed by atoms with E-state index in [1.807, 2.05) is 25.1 Å². The van der Waals surface area contributed by atoms with E-state index in [9.17, 15) is 9.59 Å². The van der Waals surface area contributed by atoms with E-state index in [0.717, 1.165) is 12.0 Å². The van der Waals surface area contributed by atoms with Crippen molar-refractivity contribution >= 4 is 17.7 Å². The van der Waals surface area contributed by atoms with Gasteiger partial charge in [-0.2, -0.15) is 0 Å². The van der Waals surface area contributed by atoms with Gasteiger partial charge < -0.3 is 15.7 Å². The summed E-state index contributed by atoms with van der Waals surface area (Å²) in [5, 5.41) is 14.3. The highest BCUT2D eigenvalue weighted by molar-refractivity contribution is 5.93. The van der Waals surface area contributed by atoms with Crippen LogP contribution in [0.25, 0.3) is 0 Å². The second-order valence-electron chi connectivity index (χ2n) is 5.01. The molecule has 0 fully saturated rings. The molecular weight excluding hydrogens is 280 g/mol. The molecule has 114 valence electrons. The molecule has 0 radical (unpaired) electrons. The number of carbonyl (C=O) groups is 2. The van der Waals surface area contributed by atoms with Crippen molar-refractivity contribution in [2.45, 2.75) is 13.3 Å². The summed E-state index contributed by atoms with van der Waals surface area (Å²) in [4.78, 5) is 22.6. The minimum absolute atomic E-state index is 0.137. The van der Waals surface area contributed by atoms with Gasteiger partial charge in [0.05, 0.1) is 5.56 Å². The van der Waals surface area contributed by atoms with Crippen LogP contribution in [-0.2, 0) is 6.42 Å². The number of hydrogen-bond donors (Lipinski definition) is 3. The molecule has 2 aromatic carbocycles. The molecule has 0 saturated carbocycles. The number of rotatable bonds is 5. The molecule has 0 spiro atoms. The second kappa shape index (κ2) is 7.26. The summed E-state index contributed by atoms with van der Waals surface area (Å²) < 4.78 is 0. The van der Waals surface area contributed by atoms with E-state index in [2.05, 4.69) is 16.7 Å². The molecule has 0 unspecified atom stereocenters. The highest BCUT2D eigenvalue weighted by Crippen LogP contribution is 2.10. The van der Waals surface area contributed by atoms with E-state index in [0.29, 0.717) is 12.2 Å². The summed E-state index contributed by atoms with van der Waals surface area (Å²) in [5.74, 6) is -1.02. The summed E-state index contributed by atoms with van der Waals surface area (Å²) >= 11 is 0. The molecular formula is C17H18N2O3. The van der Waals surface area contributed by atoms with Crippen molar-refractivity contribution in [2.24, 2.45) is 0 Å². The number of benzene rings is 2. The number of urea groups is 1. The Morgan fingerprint density at radius 3 is 2.59 bits per heavy atom. The highest BCUT2D eigenvalue weighted by Gasteiger charge is 2.05. The van der Waals surface area contributed by atoms with E-state index in [-0.39, 0.29) is 11.6 Å². The van der Waals surface area contributed by atoms with E-state index < -0.39 is 5.97 Å². The lowest BCUT2D eigenvalue weighted by atomic mass is 10.1. The van der Waals surface area contributed by atoms with Gasteiger partial charge in [0.25, 0.3) is 0 Å². The van der Waals surface area contributed by atoms with Gasteiger partial charge in [-0.15, -0.1) is 0 Å². The maximum absolute atomic E-state index is 11.8. The second-order valence-corrected chi connectivity index (χ2v) is 5.01. The van der Waals surface area contributed by atoms with Crippen LogP contribution in [0.4, 0.5) is 10.5 Å². The Balaban J connectivity index is 1.83. The molecule has 0 aliphatic heterocycles. The summed E-state index contributed by atoms with van der Waals surface area (Å²) in [7, 11) is 0. The monoisotopic (exact) mass is 298 g/mol. The van der Waals surface area contributed by atoms with Crippen LogP contribution in [0.3, 0.4) is 0 Å². The maximum atomic E-state index is 11.8. The third kappa shape index (κ3) is 4.63. The Morgan fingerprint density at radius 2 is 1.86 bits per heavy atom. The van der Waals surface area contributed by atoms with Gasteiger partial charge in [0.1, 0.15) is 0 Å². The highest BCUT2D eigenvalue weighted by atomic mass is 16.4. The predicted octanol–water partition coefficient (Wildman–Crippen LogP) is 3.06. The number of aromatic carboxylic acids is 1. The lowest BCUT2D eigenvalue weighted by Gasteiger charge is -2.08. The number of carboxylic acids is 1. The number of anilines is 1. The zero-order valence-electron chi connectivity index (χ0n) is 12.3. The molecule has 0 aliphatic rings. The first-order valence-corrected chi connectivity index (χ1v) is 6.98. The van der Waals surface area contributed by atoms with Gasteiger partial charge in [0, 0.05) is 12.2 Å². The average Bonchev–Trinajstić information content (AvgIpc) is 2.47. The minimum atomic E-state index is -1.02. The molecule has 22 heavy (non-hydrogen) atoms. The first-order chi connectivity index (χ1) is 10.5. The molecule has 0 heterocycles. The van der Waals surface area contributed by atoms with Crippen LogP contribution in [-0.4, -0.2) is 23.7 Å². The van der Waals surface area contributed by atoms with Crippen molar-refractivity contribution in [3.05, 3.63) is 65.2 Å². The maximum Gasteiger partial charge on any atom is 0.335 e. The third-order valence-corrected chi connectivity index (χ3v) is 3.15. The Morgan fingerprint density at radius 1 is 1.09 bits per heavy atom. The molecule has 0 bridgehead atoms. The molecule has 2 rings (SSSR count). The van der Waals surface area contributed by atoms with Gasteiger partial charge in [-0.05, 0) is 37.1 Å². The Kier molecular flexibility index (Phi) is 5.14. The van der Waals surface area contributed by atoms with Crippen LogP contribution < -0.4 is 10.6 Å². The van der Waals surface area contributed by atoms with Gasteiger partial charge in [-0.3, -0.25) is 0 Å². The molecule has 3 N–H and O–H groups in total. The first kappa shape index (κ1) is 15.6. The first-order valence-electron chi connectivity index (χ1n) is 6.98. The zero-order valence-corrected chi connectivity index (χ0v) is 12.3. The summed E-state index contributed by atoms with van der Waals surface area (Å²) in [6.07, 6.45) is 0.740. The Bertz CT molecular complexity index is 683. The molecule has 2 aromatic rings. The van der Waals surface area contributed by atoms with Crippen molar-refractivity contribution in [2.75, 3.05) is 11.9 Å². The average molecular weight is 298 g/mol. The van der Waals surface area contributed by atoms with Gasteiger partial charge in [0.2, 0.25) is 0 Å². The minimum Gasteiger partial charge on any atom is -0.478 e. The van der Waals surface area contributed by atoms with Crippen molar-refractivity contribution in [1.29, 1.82) is 0 Å². The molecule has 0 saturated heterocycles. The lowest BCUT2D eigenvalue weighted by Crippen LogP contribution is -2.30. The number of aryl methyl sites for hydroxylation is 1. The normalized spacial score (nSPS) is 10.0. The van der Waals surface area contributed by atoms with Crippen LogP contribution in [0.5, 0.6) is 0 Å². The fraction of sp³-hybridized carbons (Fsp3) is 0.176. The quantitative estimate of drug-likeness (QED) is 0.794. The smallest absolute Gasteiger partial charge is 0.335 e. The topological polar surface area (TPSA) is 78.4 Å². The Hall–Kier alpha value is -2.82. The zero-order chi connectivity index (χ0) is 15.9. The number of carboxylic acid groups (broad SMARTS) is 1. The molecule has 5 nitrogen and oxygen atoms in total. The van der Waals surface area contributed by atoms with Crippen LogP contribution in [0.2, 0.25) is 0 Å². The molecule has 0 atom stereocenters. The third-order valence-electron chi connectivity index (χ3n) is 3.15. The predicted molar refractivity (Wildman–Crippen MR) is 85.3 cm³/mol. The molecule has 5 heteroatoms. The summed E-state index contributed by atoms with van der Waals surface area (Å²) in [6, 6.07) is 13.9. The fourth-order valence-corrected chi connectivity index (χ4v) is 2.09. The van der Waals surface area contributed by atoms with E-state index in [1.165, 1.54) is 17.7 Å². The van der Waals surface area contributed by atoms with Crippen molar-refractivity contribution in [3.63, 3.8) is 0 Å². The van der Waals surface area contributed by atoms with E-state index >= 15 is 0 Å². The molecule has 2 amide bonds. The van der Waals surface area contributed by atoms with Crippen LogP contribution in [0.15, 0.2) is 48.5 Å². The van der Waals surface area contributed by atoms with Crippen molar-refractivity contribution in [3.8, 4) is 0 Å². The van der Waals surface area contributed by atoms with Crippen molar-refractivity contribution in [1.82, 2.24) is 5.32 Å². The summed E-state index contributed by atoms with van der Waals surface area (Å²) in [6.45, 7) is 2.53. The number of amides is 2. The Labute approximate surface area is 129 Å².